The Balaban J connectivity index is 3.14. The van der Waals surface area contributed by atoms with Crippen molar-refractivity contribution in [2.45, 2.75) is 13.8 Å². The van der Waals surface area contributed by atoms with Crippen LogP contribution in [0.3, 0.4) is 0 Å². The number of benzene rings is 1. The molecule has 0 aromatic heterocycles. The molecule has 0 amide bonds. The molecule has 0 spiro atoms. The molecule has 1 aromatic carbocycles. The second-order valence-electron chi connectivity index (χ2n) is 3.36. The van der Waals surface area contributed by atoms with E-state index in [1.807, 2.05) is 0 Å². The molecule has 2 nitrogen and oxygen atoms in total. The number of hydrogen-bond acceptors (Lipinski definition) is 2. The zero-order chi connectivity index (χ0) is 10.7. The molecule has 0 aliphatic carbocycles. The molecule has 14 heavy (non-hydrogen) atoms. The topological polar surface area (TPSA) is 26.3 Å². The second kappa shape index (κ2) is 4.22. The van der Waals surface area contributed by atoms with Gasteiger partial charge >= 0.3 is 0 Å². The van der Waals surface area contributed by atoms with E-state index in [2.05, 4.69) is 0 Å². The van der Waals surface area contributed by atoms with Gasteiger partial charge in [0.1, 0.15) is 11.6 Å². The van der Waals surface area contributed by atoms with Crippen molar-refractivity contribution in [1.29, 1.82) is 0 Å². The maximum Gasteiger partial charge on any atom is 0.169 e. The second-order valence-corrected chi connectivity index (χ2v) is 3.36. The van der Waals surface area contributed by atoms with Gasteiger partial charge in [-0.25, -0.2) is 4.39 Å². The minimum Gasteiger partial charge on any atom is -0.496 e. The van der Waals surface area contributed by atoms with E-state index in [4.69, 9.17) is 4.74 Å². The van der Waals surface area contributed by atoms with Gasteiger partial charge in [-0.15, -0.1) is 0 Å². The Morgan fingerprint density at radius 1 is 1.43 bits per heavy atom. The summed E-state index contributed by atoms with van der Waals surface area (Å²) in [7, 11) is 1.42. The largest absolute Gasteiger partial charge is 0.496 e. The lowest BCUT2D eigenvalue weighted by molar-refractivity contribution is 0.0936. The fourth-order valence-corrected chi connectivity index (χ4v) is 1.18. The lowest BCUT2D eigenvalue weighted by Gasteiger charge is -2.09. The molecule has 0 saturated carbocycles. The van der Waals surface area contributed by atoms with Gasteiger partial charge in [0.25, 0.3) is 0 Å². The molecule has 1 aromatic rings. The lowest BCUT2D eigenvalue weighted by atomic mass is 10.0. The average Bonchev–Trinajstić information content (AvgIpc) is 2.16. The molecule has 0 bridgehead atoms. The molecular formula is C11H13FO2. The van der Waals surface area contributed by atoms with Crippen LogP contribution in [-0.2, 0) is 0 Å². The van der Waals surface area contributed by atoms with E-state index in [9.17, 15) is 9.18 Å². The molecule has 3 heteroatoms. The van der Waals surface area contributed by atoms with Crippen LogP contribution < -0.4 is 4.74 Å². The van der Waals surface area contributed by atoms with Crippen molar-refractivity contribution in [3.05, 3.63) is 29.6 Å². The summed E-state index contributed by atoms with van der Waals surface area (Å²) >= 11 is 0. The Hall–Kier alpha value is -1.38. The Kier molecular flexibility index (Phi) is 3.23. The molecule has 76 valence electrons. The van der Waals surface area contributed by atoms with Crippen LogP contribution in [0.25, 0.3) is 0 Å². The highest BCUT2D eigenvalue weighted by Gasteiger charge is 2.15. The number of carbonyl (C=O) groups excluding carboxylic acids is 1. The first kappa shape index (κ1) is 10.7. The minimum atomic E-state index is -0.401. The van der Waals surface area contributed by atoms with Gasteiger partial charge in [0.05, 0.1) is 12.7 Å². The number of rotatable bonds is 3. The van der Waals surface area contributed by atoms with Crippen molar-refractivity contribution in [3.63, 3.8) is 0 Å². The molecule has 0 unspecified atom stereocenters. The van der Waals surface area contributed by atoms with Gasteiger partial charge in [-0.05, 0) is 12.1 Å². The lowest BCUT2D eigenvalue weighted by Crippen LogP contribution is -2.09. The highest BCUT2D eigenvalue weighted by molar-refractivity contribution is 5.99. The Bertz CT molecular complexity index is 345. The first-order valence-electron chi connectivity index (χ1n) is 4.44. The summed E-state index contributed by atoms with van der Waals surface area (Å²) in [4.78, 5) is 11.6. The summed E-state index contributed by atoms with van der Waals surface area (Å²) in [6, 6.07) is 3.93. The summed E-state index contributed by atoms with van der Waals surface area (Å²) in [5, 5.41) is 0. The quantitative estimate of drug-likeness (QED) is 0.695. The summed E-state index contributed by atoms with van der Waals surface area (Å²) in [6.07, 6.45) is 0. The fourth-order valence-electron chi connectivity index (χ4n) is 1.18. The highest BCUT2D eigenvalue weighted by atomic mass is 19.1. The van der Waals surface area contributed by atoms with Crippen molar-refractivity contribution in [2.24, 2.45) is 5.92 Å². The number of hydrogen-bond donors (Lipinski definition) is 0. The predicted molar refractivity (Wildman–Crippen MR) is 52.1 cm³/mol. The normalized spacial score (nSPS) is 10.4. The fraction of sp³-hybridized carbons (Fsp3) is 0.364. The number of carbonyl (C=O) groups is 1. The van der Waals surface area contributed by atoms with Crippen LogP contribution in [0.5, 0.6) is 5.75 Å². The molecule has 0 saturated heterocycles. The average molecular weight is 196 g/mol. The van der Waals surface area contributed by atoms with Crippen molar-refractivity contribution in [2.75, 3.05) is 7.11 Å². The van der Waals surface area contributed by atoms with E-state index in [-0.39, 0.29) is 11.7 Å². The van der Waals surface area contributed by atoms with Gasteiger partial charge < -0.3 is 4.74 Å². The van der Waals surface area contributed by atoms with E-state index >= 15 is 0 Å². The van der Waals surface area contributed by atoms with Crippen LogP contribution in [0.2, 0.25) is 0 Å². The number of ether oxygens (including phenoxy) is 1. The molecule has 0 atom stereocenters. The van der Waals surface area contributed by atoms with E-state index in [0.29, 0.717) is 11.3 Å². The maximum atomic E-state index is 12.8. The SMILES string of the molecule is COc1cc(F)ccc1C(=O)C(C)C. The van der Waals surface area contributed by atoms with Crippen LogP contribution in [0.1, 0.15) is 24.2 Å². The van der Waals surface area contributed by atoms with Crippen LogP contribution in [-0.4, -0.2) is 12.9 Å². The zero-order valence-electron chi connectivity index (χ0n) is 8.50. The van der Waals surface area contributed by atoms with Crippen molar-refractivity contribution < 1.29 is 13.9 Å². The Labute approximate surface area is 82.7 Å². The third-order valence-electron chi connectivity index (χ3n) is 1.95. The molecule has 0 N–H and O–H groups in total. The Morgan fingerprint density at radius 3 is 2.57 bits per heavy atom. The number of methoxy groups -OCH3 is 1. The molecule has 1 rings (SSSR count). The first-order valence-corrected chi connectivity index (χ1v) is 4.44. The summed E-state index contributed by atoms with van der Waals surface area (Å²) in [6.45, 7) is 3.59. The van der Waals surface area contributed by atoms with Gasteiger partial charge in [-0.1, -0.05) is 13.8 Å². The number of halogens is 1. The van der Waals surface area contributed by atoms with Gasteiger partial charge in [0, 0.05) is 12.0 Å². The molecule has 0 aliphatic rings. The summed E-state index contributed by atoms with van der Waals surface area (Å²) in [5.74, 6) is -0.262. The van der Waals surface area contributed by atoms with Crippen LogP contribution >= 0.6 is 0 Å². The number of ketones is 1. The van der Waals surface area contributed by atoms with E-state index in [1.165, 1.54) is 25.3 Å². The van der Waals surface area contributed by atoms with Gasteiger partial charge in [-0.2, -0.15) is 0 Å². The summed E-state index contributed by atoms with van der Waals surface area (Å²) in [5.41, 5.74) is 0.434. The third-order valence-corrected chi connectivity index (χ3v) is 1.95. The number of Topliss-reactive ketones (excluding diaryl/α,β-unsaturated/α-hetero) is 1. The van der Waals surface area contributed by atoms with Gasteiger partial charge in [-0.3, -0.25) is 4.79 Å². The molecule has 0 aliphatic heterocycles. The molecule has 0 fully saturated rings. The standard InChI is InChI=1S/C11H13FO2/c1-7(2)11(13)9-5-4-8(12)6-10(9)14-3/h4-7H,1-3H3. The molecule has 0 heterocycles. The van der Waals surface area contributed by atoms with Crippen molar-refractivity contribution in [1.82, 2.24) is 0 Å². The van der Waals surface area contributed by atoms with E-state index in [1.54, 1.807) is 13.8 Å². The minimum absolute atomic E-state index is 0.0400. The van der Waals surface area contributed by atoms with Crippen molar-refractivity contribution in [3.8, 4) is 5.75 Å². The van der Waals surface area contributed by atoms with Gasteiger partial charge in [0.2, 0.25) is 0 Å². The molecular weight excluding hydrogens is 183 g/mol. The molecule has 0 radical (unpaired) electrons. The van der Waals surface area contributed by atoms with E-state index < -0.39 is 5.82 Å². The smallest absolute Gasteiger partial charge is 0.169 e. The zero-order valence-corrected chi connectivity index (χ0v) is 8.50. The van der Waals surface area contributed by atoms with Crippen LogP contribution in [0, 0.1) is 11.7 Å². The highest BCUT2D eigenvalue weighted by Crippen LogP contribution is 2.22. The maximum absolute atomic E-state index is 12.8. The van der Waals surface area contributed by atoms with E-state index in [0.717, 1.165) is 0 Å². The predicted octanol–water partition coefficient (Wildman–Crippen LogP) is 2.67. The van der Waals surface area contributed by atoms with Gasteiger partial charge in [0.15, 0.2) is 5.78 Å². The Morgan fingerprint density at radius 2 is 2.07 bits per heavy atom. The monoisotopic (exact) mass is 196 g/mol. The van der Waals surface area contributed by atoms with Crippen molar-refractivity contribution >= 4 is 5.78 Å². The summed E-state index contributed by atoms with van der Waals surface area (Å²) < 4.78 is 17.7. The van der Waals surface area contributed by atoms with Crippen LogP contribution in [0.15, 0.2) is 18.2 Å². The third kappa shape index (κ3) is 2.10. The first-order chi connectivity index (χ1) is 6.56. The van der Waals surface area contributed by atoms with Crippen LogP contribution in [0.4, 0.5) is 4.39 Å².